The van der Waals surface area contributed by atoms with E-state index in [9.17, 15) is 9.59 Å². The molecule has 2 heterocycles. The van der Waals surface area contributed by atoms with Crippen molar-refractivity contribution in [2.75, 3.05) is 0 Å². The first-order valence-electron chi connectivity index (χ1n) is 7.79. The van der Waals surface area contributed by atoms with Crippen LogP contribution in [-0.2, 0) is 13.1 Å². The van der Waals surface area contributed by atoms with Gasteiger partial charge in [0.25, 0.3) is 5.56 Å². The second-order valence-corrected chi connectivity index (χ2v) is 6.02. The van der Waals surface area contributed by atoms with Gasteiger partial charge in [0.2, 0.25) is 0 Å². The zero-order valence-corrected chi connectivity index (χ0v) is 13.6. The van der Waals surface area contributed by atoms with Gasteiger partial charge in [-0.15, -0.1) is 5.10 Å². The number of nitrogens with one attached hydrogen (secondary N) is 1. The van der Waals surface area contributed by atoms with Crippen molar-refractivity contribution >= 4 is 0 Å². The highest BCUT2D eigenvalue weighted by Crippen LogP contribution is 2.08. The second kappa shape index (κ2) is 6.66. The molecule has 0 unspecified atom stereocenters. The van der Waals surface area contributed by atoms with E-state index in [1.54, 1.807) is 17.1 Å². The third kappa shape index (κ3) is 3.51. The Kier molecular flexibility index (Phi) is 4.41. The molecular weight excluding hydrogens is 306 g/mol. The molecule has 7 heteroatoms. The van der Waals surface area contributed by atoms with E-state index in [0.717, 1.165) is 5.56 Å². The van der Waals surface area contributed by atoms with Crippen LogP contribution in [0, 0.1) is 0 Å². The van der Waals surface area contributed by atoms with E-state index < -0.39 is 5.69 Å². The predicted octanol–water partition coefficient (Wildman–Crippen LogP) is 1.35. The molecule has 0 aliphatic heterocycles. The van der Waals surface area contributed by atoms with Crippen molar-refractivity contribution in [3.05, 3.63) is 80.4 Å². The van der Waals surface area contributed by atoms with Gasteiger partial charge in [-0.05, 0) is 11.5 Å². The monoisotopic (exact) mass is 325 g/mol. The normalized spacial score (nSPS) is 11.1. The molecule has 124 valence electrons. The van der Waals surface area contributed by atoms with Crippen LogP contribution in [0.4, 0.5) is 0 Å². The molecule has 0 fully saturated rings. The lowest BCUT2D eigenvalue weighted by molar-refractivity contribution is 0.647. The Bertz CT molecular complexity index is 937. The van der Waals surface area contributed by atoms with Crippen molar-refractivity contribution < 1.29 is 0 Å². The van der Waals surface area contributed by atoms with Crippen molar-refractivity contribution in [3.63, 3.8) is 0 Å². The van der Waals surface area contributed by atoms with Crippen LogP contribution in [0.15, 0.2) is 52.3 Å². The highest BCUT2D eigenvalue weighted by atomic mass is 16.2. The fourth-order valence-electron chi connectivity index (χ4n) is 2.49. The van der Waals surface area contributed by atoms with Crippen molar-refractivity contribution in [2.24, 2.45) is 0 Å². The van der Waals surface area contributed by atoms with Crippen LogP contribution in [-0.4, -0.2) is 24.5 Å². The summed E-state index contributed by atoms with van der Waals surface area (Å²) in [4.78, 5) is 26.1. The third-order valence-electron chi connectivity index (χ3n) is 3.77. The van der Waals surface area contributed by atoms with Gasteiger partial charge in [0.15, 0.2) is 0 Å². The summed E-state index contributed by atoms with van der Waals surface area (Å²) in [5, 5.41) is 8.20. The number of benzene rings is 1. The molecule has 3 aromatic rings. The van der Waals surface area contributed by atoms with Gasteiger partial charge < -0.3 is 0 Å². The Morgan fingerprint density at radius 3 is 2.54 bits per heavy atom. The van der Waals surface area contributed by atoms with E-state index >= 15 is 0 Å². The van der Waals surface area contributed by atoms with Crippen molar-refractivity contribution in [1.82, 2.24) is 24.5 Å². The average Bonchev–Trinajstić information content (AvgIpc) is 2.97. The molecule has 0 saturated carbocycles. The fraction of sp³-hybridized carbons (Fsp3) is 0.294. The van der Waals surface area contributed by atoms with Crippen LogP contribution in [0.5, 0.6) is 0 Å². The first-order valence-corrected chi connectivity index (χ1v) is 7.79. The lowest BCUT2D eigenvalue weighted by Crippen LogP contribution is -2.32. The number of hydrogen-bond donors (Lipinski definition) is 1. The molecule has 0 aliphatic rings. The number of aromatic amines is 1. The minimum absolute atomic E-state index is 0.0364. The van der Waals surface area contributed by atoms with E-state index in [1.165, 1.54) is 4.57 Å². The number of rotatable bonds is 5. The summed E-state index contributed by atoms with van der Waals surface area (Å²) in [6, 6.07) is 9.94. The molecule has 0 radical (unpaired) electrons. The molecule has 3 rings (SSSR count). The van der Waals surface area contributed by atoms with Crippen LogP contribution in [0.1, 0.15) is 36.6 Å². The molecule has 0 aliphatic carbocycles. The van der Waals surface area contributed by atoms with Gasteiger partial charge in [-0.3, -0.25) is 14.3 Å². The quantitative estimate of drug-likeness (QED) is 0.767. The first kappa shape index (κ1) is 15.9. The maximum absolute atomic E-state index is 12.0. The summed E-state index contributed by atoms with van der Waals surface area (Å²) in [6.45, 7) is 4.71. The zero-order chi connectivity index (χ0) is 17.1. The molecule has 0 amide bonds. The maximum Gasteiger partial charge on any atom is 0.328 e. The van der Waals surface area contributed by atoms with Crippen molar-refractivity contribution in [2.45, 2.75) is 32.9 Å². The topological polar surface area (TPSA) is 85.6 Å². The number of H-pyrrole nitrogens is 1. The Morgan fingerprint density at radius 2 is 1.83 bits per heavy atom. The third-order valence-corrected chi connectivity index (χ3v) is 3.77. The van der Waals surface area contributed by atoms with Crippen LogP contribution in [0.3, 0.4) is 0 Å². The molecule has 2 aromatic heterocycles. The molecule has 7 nitrogen and oxygen atoms in total. The average molecular weight is 325 g/mol. The summed E-state index contributed by atoms with van der Waals surface area (Å²) in [5.74, 6) is 0.0364. The van der Waals surface area contributed by atoms with Crippen LogP contribution >= 0.6 is 0 Å². The maximum atomic E-state index is 12.0. The standard InChI is InChI=1S/C17H19N5O2/c1-12(2)15-11-21(17(24)18-16(15)23)9-14-10-22(20-19-14)8-13-6-4-3-5-7-13/h3-7,10-12H,8-9H2,1-2H3,(H,18,23,24). The minimum atomic E-state index is -0.443. The largest absolute Gasteiger partial charge is 0.328 e. The summed E-state index contributed by atoms with van der Waals surface area (Å²) in [5.41, 5.74) is 1.58. The van der Waals surface area contributed by atoms with E-state index in [0.29, 0.717) is 17.8 Å². The van der Waals surface area contributed by atoms with Gasteiger partial charge in [-0.2, -0.15) is 0 Å². The first-order chi connectivity index (χ1) is 11.5. The van der Waals surface area contributed by atoms with Crippen molar-refractivity contribution in [1.29, 1.82) is 0 Å². The molecule has 0 bridgehead atoms. The van der Waals surface area contributed by atoms with Gasteiger partial charge >= 0.3 is 5.69 Å². The SMILES string of the molecule is CC(C)c1cn(Cc2cn(Cc3ccccc3)nn2)c(=O)[nH]c1=O. The minimum Gasteiger partial charge on any atom is -0.294 e. The summed E-state index contributed by atoms with van der Waals surface area (Å²) in [6.07, 6.45) is 3.40. The molecule has 0 atom stereocenters. The Hall–Kier alpha value is -2.96. The Labute approximate surface area is 138 Å². The highest BCUT2D eigenvalue weighted by Gasteiger charge is 2.10. The number of nitrogens with zero attached hydrogens (tertiary/aromatic N) is 4. The van der Waals surface area contributed by atoms with Gasteiger partial charge in [0.05, 0.1) is 19.3 Å². The fourth-order valence-corrected chi connectivity index (χ4v) is 2.49. The number of hydrogen-bond acceptors (Lipinski definition) is 4. The molecule has 1 aromatic carbocycles. The lowest BCUT2D eigenvalue weighted by atomic mass is 10.1. The van der Waals surface area contributed by atoms with E-state index in [1.807, 2.05) is 44.2 Å². The van der Waals surface area contributed by atoms with Crippen LogP contribution in [0.2, 0.25) is 0 Å². The Balaban J connectivity index is 1.81. The smallest absolute Gasteiger partial charge is 0.294 e. The second-order valence-electron chi connectivity index (χ2n) is 6.02. The summed E-state index contributed by atoms with van der Waals surface area (Å²) in [7, 11) is 0. The molecule has 0 saturated heterocycles. The highest BCUT2D eigenvalue weighted by molar-refractivity contribution is 5.15. The van der Waals surface area contributed by atoms with E-state index in [2.05, 4.69) is 15.3 Å². The van der Waals surface area contributed by atoms with Crippen LogP contribution < -0.4 is 11.2 Å². The lowest BCUT2D eigenvalue weighted by Gasteiger charge is -2.08. The Morgan fingerprint density at radius 1 is 1.08 bits per heavy atom. The van der Waals surface area contributed by atoms with E-state index in [4.69, 9.17) is 0 Å². The predicted molar refractivity (Wildman–Crippen MR) is 90.1 cm³/mol. The van der Waals surface area contributed by atoms with Gasteiger partial charge in [-0.1, -0.05) is 49.4 Å². The zero-order valence-electron chi connectivity index (χ0n) is 13.6. The van der Waals surface area contributed by atoms with Gasteiger partial charge in [0, 0.05) is 11.8 Å². The van der Waals surface area contributed by atoms with E-state index in [-0.39, 0.29) is 18.0 Å². The summed E-state index contributed by atoms with van der Waals surface area (Å²) < 4.78 is 3.18. The molecule has 1 N–H and O–H groups in total. The van der Waals surface area contributed by atoms with Gasteiger partial charge in [-0.25, -0.2) is 9.48 Å². The summed E-state index contributed by atoms with van der Waals surface area (Å²) >= 11 is 0. The molecule has 0 spiro atoms. The molecule has 24 heavy (non-hydrogen) atoms. The van der Waals surface area contributed by atoms with Crippen LogP contribution in [0.25, 0.3) is 0 Å². The van der Waals surface area contributed by atoms with Gasteiger partial charge in [0.1, 0.15) is 5.69 Å². The molecular formula is C17H19N5O2. The number of aromatic nitrogens is 5. The van der Waals surface area contributed by atoms with Crippen molar-refractivity contribution in [3.8, 4) is 0 Å².